The van der Waals surface area contributed by atoms with E-state index in [4.69, 9.17) is 9.47 Å². The van der Waals surface area contributed by atoms with Crippen molar-refractivity contribution in [1.82, 2.24) is 30.0 Å². The fourth-order valence-corrected chi connectivity index (χ4v) is 5.26. The number of rotatable bonds is 13. The van der Waals surface area contributed by atoms with Crippen LogP contribution in [0.3, 0.4) is 0 Å². The Bertz CT molecular complexity index is 1480. The van der Waals surface area contributed by atoms with Gasteiger partial charge in [0.05, 0.1) is 12.7 Å². The second-order valence-corrected chi connectivity index (χ2v) is 11.5. The Morgan fingerprint density at radius 1 is 0.955 bits per heavy atom. The van der Waals surface area contributed by atoms with E-state index < -0.39 is 17.4 Å². The Morgan fingerprint density at radius 3 is 2.25 bits per heavy atom. The summed E-state index contributed by atoms with van der Waals surface area (Å²) in [5, 5.41) is 14.6. The van der Waals surface area contributed by atoms with Crippen LogP contribution in [0.2, 0.25) is 0 Å². The molecule has 232 valence electrons. The zero-order valence-corrected chi connectivity index (χ0v) is 25.6. The molecule has 0 aliphatic carbocycles. The number of piperidine rings is 1. The van der Waals surface area contributed by atoms with Crippen molar-refractivity contribution in [3.63, 3.8) is 0 Å². The molecule has 3 heterocycles. The van der Waals surface area contributed by atoms with Crippen LogP contribution in [0.4, 0.5) is 5.82 Å². The fraction of sp³-hybridized carbons (Fsp3) is 0.424. The number of hydrogen-bond donors (Lipinski definition) is 2. The van der Waals surface area contributed by atoms with Crippen molar-refractivity contribution in [3.05, 3.63) is 89.7 Å². The molecule has 4 aromatic rings. The number of carbonyl (C=O) groups is 2. The predicted octanol–water partition coefficient (Wildman–Crippen LogP) is 4.27. The number of ether oxygens (including phenoxy) is 2. The van der Waals surface area contributed by atoms with E-state index in [2.05, 4.69) is 79.2 Å². The van der Waals surface area contributed by atoms with Crippen molar-refractivity contribution in [2.45, 2.75) is 57.8 Å². The molecule has 0 saturated carbocycles. The first-order valence-corrected chi connectivity index (χ1v) is 15.3. The van der Waals surface area contributed by atoms with E-state index in [1.54, 1.807) is 26.8 Å². The first-order chi connectivity index (χ1) is 21.3. The first-order valence-electron chi connectivity index (χ1n) is 15.3. The molecule has 1 saturated heterocycles. The molecule has 0 bridgehead atoms. The molecule has 0 atom stereocenters. The van der Waals surface area contributed by atoms with Gasteiger partial charge in [0.15, 0.2) is 5.65 Å². The number of aromatic nitrogens is 4. The molecular weight excluding hydrogens is 558 g/mol. The van der Waals surface area contributed by atoms with Crippen LogP contribution in [0.1, 0.15) is 67.9 Å². The second kappa shape index (κ2) is 14.4. The Kier molecular flexibility index (Phi) is 10.2. The summed E-state index contributed by atoms with van der Waals surface area (Å²) < 4.78 is 13.0. The molecule has 1 aliphatic heterocycles. The molecule has 2 aromatic heterocycles. The Morgan fingerprint density at radius 2 is 1.61 bits per heavy atom. The summed E-state index contributed by atoms with van der Waals surface area (Å²) in [6.07, 6.45) is 3.11. The minimum Gasteiger partial charge on any atom is -0.464 e. The average molecular weight is 600 g/mol. The number of esters is 1. The van der Waals surface area contributed by atoms with E-state index in [-0.39, 0.29) is 24.6 Å². The predicted molar refractivity (Wildman–Crippen MR) is 167 cm³/mol. The van der Waals surface area contributed by atoms with Crippen molar-refractivity contribution in [2.24, 2.45) is 0 Å². The molecular formula is C33H41N7O4. The van der Waals surface area contributed by atoms with Crippen LogP contribution < -0.4 is 10.6 Å². The standard InChI is InChI=1S/C33H41N7O4/c1-4-43-32(42)33(2,3)36-31(41)30-35-28-17-16-27(37-40(28)38-30)34-20-11-21-39-22-18-26(19-23-39)44-29(24-12-7-5-8-13-24)25-14-9-6-10-15-25/h5-10,12-17,26,29H,4,11,18-23H2,1-3H3,(H,34,37)(H,36,41). The summed E-state index contributed by atoms with van der Waals surface area (Å²) in [5.41, 5.74) is 1.59. The van der Waals surface area contributed by atoms with Crippen LogP contribution in [0.5, 0.6) is 0 Å². The molecule has 0 spiro atoms. The number of fused-ring (bicyclic) bond motifs is 1. The molecule has 1 amide bonds. The molecule has 11 nitrogen and oxygen atoms in total. The Labute approximate surface area is 258 Å². The Hall–Kier alpha value is -4.35. The number of likely N-dealkylation sites (tertiary alicyclic amines) is 1. The maximum atomic E-state index is 12.7. The molecule has 2 N–H and O–H groups in total. The largest absolute Gasteiger partial charge is 0.464 e. The summed E-state index contributed by atoms with van der Waals surface area (Å²) in [6, 6.07) is 24.5. The van der Waals surface area contributed by atoms with Crippen molar-refractivity contribution in [2.75, 3.05) is 38.1 Å². The van der Waals surface area contributed by atoms with Gasteiger partial charge in [-0.25, -0.2) is 9.78 Å². The van der Waals surface area contributed by atoms with Crippen molar-refractivity contribution in [1.29, 1.82) is 0 Å². The van der Waals surface area contributed by atoms with E-state index in [1.807, 2.05) is 18.2 Å². The van der Waals surface area contributed by atoms with Gasteiger partial charge in [-0.1, -0.05) is 60.7 Å². The first kappa shape index (κ1) is 31.1. The average Bonchev–Trinajstić information content (AvgIpc) is 3.47. The maximum Gasteiger partial charge on any atom is 0.331 e. The number of carbonyl (C=O) groups excluding carboxylic acids is 2. The van der Waals surface area contributed by atoms with Gasteiger partial charge in [-0.15, -0.1) is 14.8 Å². The minimum absolute atomic E-state index is 0.0603. The SMILES string of the molecule is CCOC(=O)C(C)(C)NC(=O)c1nc2ccc(NCCCN3CCC(OC(c4ccccc4)c4ccccc4)CC3)nn2n1. The van der Waals surface area contributed by atoms with Crippen LogP contribution >= 0.6 is 0 Å². The molecule has 5 rings (SSSR count). The van der Waals surface area contributed by atoms with Crippen molar-refractivity contribution in [3.8, 4) is 0 Å². The highest BCUT2D eigenvalue weighted by molar-refractivity contribution is 5.95. The van der Waals surface area contributed by atoms with E-state index in [1.165, 1.54) is 15.8 Å². The van der Waals surface area contributed by atoms with E-state index in [0.717, 1.165) is 45.4 Å². The Balaban J connectivity index is 1.07. The third-order valence-corrected chi connectivity index (χ3v) is 7.65. The van der Waals surface area contributed by atoms with Gasteiger partial charge in [-0.3, -0.25) is 4.79 Å². The van der Waals surface area contributed by atoms with E-state index >= 15 is 0 Å². The van der Waals surface area contributed by atoms with Crippen molar-refractivity contribution < 1.29 is 19.1 Å². The van der Waals surface area contributed by atoms with E-state index in [9.17, 15) is 9.59 Å². The number of amides is 1. The van der Waals surface area contributed by atoms with Gasteiger partial charge >= 0.3 is 5.97 Å². The number of benzene rings is 2. The number of nitrogens with zero attached hydrogens (tertiary/aromatic N) is 5. The number of hydrogen-bond acceptors (Lipinski definition) is 9. The van der Waals surface area contributed by atoms with Crippen LogP contribution in [-0.4, -0.2) is 81.0 Å². The van der Waals surface area contributed by atoms with Crippen LogP contribution in [-0.2, 0) is 14.3 Å². The summed E-state index contributed by atoms with van der Waals surface area (Å²) >= 11 is 0. The highest BCUT2D eigenvalue weighted by Gasteiger charge is 2.32. The molecule has 2 aromatic carbocycles. The summed E-state index contributed by atoms with van der Waals surface area (Å²) in [4.78, 5) is 31.5. The zero-order valence-electron chi connectivity index (χ0n) is 25.6. The zero-order chi connectivity index (χ0) is 30.9. The highest BCUT2D eigenvalue weighted by atomic mass is 16.5. The van der Waals surface area contributed by atoms with Crippen LogP contribution in [0.15, 0.2) is 72.8 Å². The molecule has 0 radical (unpaired) electrons. The molecule has 11 heteroatoms. The quantitative estimate of drug-likeness (QED) is 0.171. The van der Waals surface area contributed by atoms with Gasteiger partial charge in [-0.05, 0) is 69.8 Å². The normalized spacial score (nSPS) is 14.5. The second-order valence-electron chi connectivity index (χ2n) is 11.5. The van der Waals surface area contributed by atoms with Gasteiger partial charge in [0.1, 0.15) is 17.5 Å². The summed E-state index contributed by atoms with van der Waals surface area (Å²) in [5.74, 6) is -0.536. The third-order valence-electron chi connectivity index (χ3n) is 7.65. The minimum atomic E-state index is -1.21. The van der Waals surface area contributed by atoms with Crippen LogP contribution in [0, 0.1) is 0 Å². The summed E-state index contributed by atoms with van der Waals surface area (Å²) in [6.45, 7) is 8.81. The monoisotopic (exact) mass is 599 g/mol. The van der Waals surface area contributed by atoms with Gasteiger partial charge in [0.25, 0.3) is 5.91 Å². The molecule has 1 fully saturated rings. The lowest BCUT2D eigenvalue weighted by Crippen LogP contribution is -2.50. The molecule has 1 aliphatic rings. The van der Waals surface area contributed by atoms with Crippen LogP contribution in [0.25, 0.3) is 5.65 Å². The van der Waals surface area contributed by atoms with Gasteiger partial charge in [0, 0.05) is 19.6 Å². The lowest BCUT2D eigenvalue weighted by Gasteiger charge is -2.34. The highest BCUT2D eigenvalue weighted by Crippen LogP contribution is 2.30. The van der Waals surface area contributed by atoms with Gasteiger partial charge in [-0.2, -0.15) is 0 Å². The fourth-order valence-electron chi connectivity index (χ4n) is 5.26. The third kappa shape index (κ3) is 7.97. The van der Waals surface area contributed by atoms with Gasteiger partial charge in [0.2, 0.25) is 5.82 Å². The molecule has 44 heavy (non-hydrogen) atoms. The number of anilines is 1. The lowest BCUT2D eigenvalue weighted by atomic mass is 10.00. The topological polar surface area (TPSA) is 123 Å². The lowest BCUT2D eigenvalue weighted by molar-refractivity contribution is -0.149. The van der Waals surface area contributed by atoms with Crippen molar-refractivity contribution >= 4 is 23.3 Å². The van der Waals surface area contributed by atoms with Gasteiger partial charge < -0.3 is 25.0 Å². The summed E-state index contributed by atoms with van der Waals surface area (Å²) in [7, 11) is 0. The molecule has 0 unspecified atom stereocenters. The maximum absolute atomic E-state index is 12.7. The van der Waals surface area contributed by atoms with E-state index in [0.29, 0.717) is 11.5 Å². The number of nitrogens with one attached hydrogen (secondary N) is 2. The smallest absolute Gasteiger partial charge is 0.331 e.